The molecule has 0 saturated heterocycles. The molecule has 9 heteroatoms. The van der Waals surface area contributed by atoms with E-state index in [0.29, 0.717) is 65.0 Å². The molecule has 1 heterocycles. The van der Waals surface area contributed by atoms with Crippen LogP contribution in [0.3, 0.4) is 0 Å². The normalized spacial score (nSPS) is 11.2. The van der Waals surface area contributed by atoms with Gasteiger partial charge in [-0.15, -0.1) is 0 Å². The molecule has 0 fully saturated rings. The number of pyridine rings is 1. The highest BCUT2D eigenvalue weighted by Gasteiger charge is 2.16. The summed E-state index contributed by atoms with van der Waals surface area (Å²) in [5.74, 6) is -0.456. The monoisotopic (exact) mass is 413 g/mol. The largest absolute Gasteiger partial charge is 0.464 e. The van der Waals surface area contributed by atoms with Crippen molar-refractivity contribution in [2.75, 3.05) is 79.5 Å². The van der Waals surface area contributed by atoms with Crippen molar-refractivity contribution in [1.82, 2.24) is 15.2 Å². The van der Waals surface area contributed by atoms with E-state index in [2.05, 4.69) is 22.1 Å². The molecule has 29 heavy (non-hydrogen) atoms. The topological polar surface area (TPSA) is 102 Å². The molecule has 0 aliphatic carbocycles. The third-order valence-electron chi connectivity index (χ3n) is 4.05. The van der Waals surface area contributed by atoms with E-state index in [1.165, 1.54) is 7.11 Å². The number of nitrogens with one attached hydrogen (secondary N) is 1. The molecule has 0 atom stereocenters. The minimum Gasteiger partial charge on any atom is -0.464 e. The van der Waals surface area contributed by atoms with Gasteiger partial charge in [0.15, 0.2) is 5.69 Å². The lowest BCUT2D eigenvalue weighted by atomic mass is 10.1. The number of esters is 1. The quantitative estimate of drug-likeness (QED) is 0.260. The minimum absolute atomic E-state index is 0.00796. The van der Waals surface area contributed by atoms with Crippen LogP contribution >= 0.6 is 0 Å². The summed E-state index contributed by atoms with van der Waals surface area (Å²) >= 11 is 0. The second-order valence-corrected chi connectivity index (χ2v) is 6.19. The van der Waals surface area contributed by atoms with Gasteiger partial charge in [-0.25, -0.2) is 9.78 Å². The zero-order valence-corrected chi connectivity index (χ0v) is 17.6. The van der Waals surface area contributed by atoms with Gasteiger partial charge in [0.25, 0.3) is 0 Å². The highest BCUT2D eigenvalue weighted by Crippen LogP contribution is 2.10. The van der Waals surface area contributed by atoms with Gasteiger partial charge in [-0.3, -0.25) is 4.90 Å². The molecule has 0 aliphatic heterocycles. The van der Waals surface area contributed by atoms with E-state index in [9.17, 15) is 4.79 Å². The summed E-state index contributed by atoms with van der Waals surface area (Å²) in [6, 6.07) is 3.66. The average Bonchev–Trinajstić information content (AvgIpc) is 2.75. The number of likely N-dealkylation sites (N-methyl/N-ethyl adjacent to an activating group) is 1. The van der Waals surface area contributed by atoms with Crippen LogP contribution in [-0.2, 0) is 25.5 Å². The molecule has 9 nitrogen and oxygen atoms in total. The Labute approximate surface area is 173 Å². The predicted octanol–water partition coefficient (Wildman–Crippen LogP) is 0.322. The molecule has 1 rings (SSSR count). The predicted molar refractivity (Wildman–Crippen MR) is 109 cm³/mol. The van der Waals surface area contributed by atoms with Crippen LogP contribution in [0, 0.1) is 0 Å². The Morgan fingerprint density at radius 2 is 1.79 bits per heavy atom. The number of aromatic nitrogens is 1. The summed E-state index contributed by atoms with van der Waals surface area (Å²) in [6.07, 6.45) is 1.57. The first-order chi connectivity index (χ1) is 14.2. The summed E-state index contributed by atoms with van der Waals surface area (Å²) in [6.45, 7) is 8.70. The Morgan fingerprint density at radius 3 is 2.45 bits per heavy atom. The lowest BCUT2D eigenvalue weighted by molar-refractivity contribution is 0.0305. The molecule has 0 aromatic carbocycles. The molecule has 0 spiro atoms. The third kappa shape index (κ3) is 11.8. The molecular formula is C20H35N3O6. The summed E-state index contributed by atoms with van der Waals surface area (Å²) in [7, 11) is 1.34. The second kappa shape index (κ2) is 17.3. The van der Waals surface area contributed by atoms with Gasteiger partial charge in [0.2, 0.25) is 0 Å². The van der Waals surface area contributed by atoms with E-state index in [0.717, 1.165) is 18.7 Å². The Kier molecular flexibility index (Phi) is 15.1. The van der Waals surface area contributed by atoms with Crippen LogP contribution in [0.5, 0.6) is 0 Å². The number of carbonyl (C=O) groups is 1. The zero-order chi connectivity index (χ0) is 21.2. The molecule has 0 unspecified atom stereocenters. The Balaban J connectivity index is 2.45. The number of aliphatic hydroxyl groups is 1. The van der Waals surface area contributed by atoms with Crippen molar-refractivity contribution in [2.24, 2.45) is 0 Å². The van der Waals surface area contributed by atoms with Gasteiger partial charge >= 0.3 is 5.97 Å². The summed E-state index contributed by atoms with van der Waals surface area (Å²) < 4.78 is 21.3. The number of rotatable bonds is 18. The van der Waals surface area contributed by atoms with Crippen LogP contribution in [0.25, 0.3) is 0 Å². The third-order valence-corrected chi connectivity index (χ3v) is 4.05. The van der Waals surface area contributed by atoms with Crippen LogP contribution in [0.2, 0.25) is 0 Å². The van der Waals surface area contributed by atoms with Gasteiger partial charge in [-0.1, -0.05) is 13.0 Å². The second-order valence-electron chi connectivity index (χ2n) is 6.19. The number of nitrogens with zero attached hydrogens (tertiary/aromatic N) is 2. The first-order valence-corrected chi connectivity index (χ1v) is 10.0. The first kappa shape index (κ1) is 25.4. The Morgan fingerprint density at radius 1 is 1.10 bits per heavy atom. The Bertz CT molecular complexity index is 547. The fourth-order valence-electron chi connectivity index (χ4n) is 2.55. The molecule has 0 amide bonds. The molecule has 0 radical (unpaired) electrons. The van der Waals surface area contributed by atoms with E-state index < -0.39 is 5.97 Å². The molecule has 2 N–H and O–H groups in total. The van der Waals surface area contributed by atoms with Crippen molar-refractivity contribution in [3.05, 3.63) is 29.6 Å². The summed E-state index contributed by atoms with van der Waals surface area (Å²) in [5, 5.41) is 12.0. The van der Waals surface area contributed by atoms with E-state index >= 15 is 0 Å². The molecule has 166 valence electrons. The maximum absolute atomic E-state index is 11.9. The number of hydrogen-bond donors (Lipinski definition) is 2. The standard InChI is InChI=1S/C20H35N3O6/c1-3-21-7-11-27-15-16-29-13-9-23(8-12-28-14-10-24)17-18-5-4-6-22-19(18)20(25)26-2/h4-6,21,24H,3,7-17H2,1-2H3. The van der Waals surface area contributed by atoms with Crippen LogP contribution in [0.4, 0.5) is 0 Å². The highest BCUT2D eigenvalue weighted by molar-refractivity contribution is 5.88. The van der Waals surface area contributed by atoms with E-state index in [4.69, 9.17) is 24.1 Å². The van der Waals surface area contributed by atoms with E-state index in [1.54, 1.807) is 12.3 Å². The van der Waals surface area contributed by atoms with E-state index in [-0.39, 0.29) is 6.61 Å². The van der Waals surface area contributed by atoms with Crippen LogP contribution < -0.4 is 5.32 Å². The van der Waals surface area contributed by atoms with Gasteiger partial charge in [0, 0.05) is 32.4 Å². The van der Waals surface area contributed by atoms with Gasteiger partial charge < -0.3 is 29.4 Å². The number of carbonyl (C=O) groups excluding carboxylic acids is 1. The fourth-order valence-corrected chi connectivity index (χ4v) is 2.55. The number of methoxy groups -OCH3 is 1. The van der Waals surface area contributed by atoms with Crippen molar-refractivity contribution in [1.29, 1.82) is 0 Å². The Hall–Kier alpha value is -1.62. The number of aliphatic hydroxyl groups excluding tert-OH is 1. The maximum Gasteiger partial charge on any atom is 0.356 e. The molecule has 1 aromatic rings. The van der Waals surface area contributed by atoms with Gasteiger partial charge in [0.05, 0.1) is 53.4 Å². The first-order valence-electron chi connectivity index (χ1n) is 10.0. The van der Waals surface area contributed by atoms with Crippen molar-refractivity contribution in [2.45, 2.75) is 13.5 Å². The number of hydrogen-bond acceptors (Lipinski definition) is 9. The van der Waals surface area contributed by atoms with Gasteiger partial charge in [0.1, 0.15) is 0 Å². The smallest absolute Gasteiger partial charge is 0.356 e. The zero-order valence-electron chi connectivity index (χ0n) is 17.6. The molecule has 0 aliphatic rings. The maximum atomic E-state index is 11.9. The van der Waals surface area contributed by atoms with Crippen molar-refractivity contribution >= 4 is 5.97 Å². The summed E-state index contributed by atoms with van der Waals surface area (Å²) in [5.41, 5.74) is 1.10. The van der Waals surface area contributed by atoms with Gasteiger partial charge in [-0.05, 0) is 18.2 Å². The minimum atomic E-state index is -0.456. The van der Waals surface area contributed by atoms with E-state index in [1.807, 2.05) is 6.07 Å². The molecule has 0 bridgehead atoms. The lowest BCUT2D eigenvalue weighted by Crippen LogP contribution is -2.32. The number of ether oxygens (including phenoxy) is 4. The molecule has 0 saturated carbocycles. The average molecular weight is 414 g/mol. The molecular weight excluding hydrogens is 378 g/mol. The van der Waals surface area contributed by atoms with Crippen molar-refractivity contribution < 1.29 is 28.8 Å². The molecule has 1 aromatic heterocycles. The highest BCUT2D eigenvalue weighted by atomic mass is 16.5. The fraction of sp³-hybridized carbons (Fsp3) is 0.700. The van der Waals surface area contributed by atoms with Gasteiger partial charge in [-0.2, -0.15) is 0 Å². The van der Waals surface area contributed by atoms with Crippen molar-refractivity contribution in [3.63, 3.8) is 0 Å². The summed E-state index contributed by atoms with van der Waals surface area (Å²) in [4.78, 5) is 18.2. The van der Waals surface area contributed by atoms with Crippen LogP contribution in [-0.4, -0.2) is 100 Å². The SMILES string of the molecule is CCNCCOCCOCCN(CCOCCO)Cc1cccnc1C(=O)OC. The van der Waals surface area contributed by atoms with Crippen molar-refractivity contribution in [3.8, 4) is 0 Å². The lowest BCUT2D eigenvalue weighted by Gasteiger charge is -2.23. The van der Waals surface area contributed by atoms with Crippen LogP contribution in [0.1, 0.15) is 23.0 Å². The van der Waals surface area contributed by atoms with Crippen LogP contribution in [0.15, 0.2) is 18.3 Å².